The lowest BCUT2D eigenvalue weighted by atomic mass is 10.2. The number of imidazole rings is 2. The maximum atomic E-state index is 6.40. The van der Waals surface area contributed by atoms with E-state index in [1.807, 2.05) is 112 Å². The van der Waals surface area contributed by atoms with Crippen LogP contribution in [0, 0.1) is 0 Å². The zero-order chi connectivity index (χ0) is 24.3. The summed E-state index contributed by atoms with van der Waals surface area (Å²) in [7, 11) is 0. The van der Waals surface area contributed by atoms with Crippen LogP contribution in [-0.2, 0) is 0 Å². The van der Waals surface area contributed by atoms with E-state index in [4.69, 9.17) is 24.4 Å². The summed E-state index contributed by atoms with van der Waals surface area (Å²) in [6, 6.07) is 36.0. The fourth-order valence-corrected chi connectivity index (χ4v) is 4.94. The van der Waals surface area contributed by atoms with Gasteiger partial charge in [0.05, 0.1) is 11.0 Å². The summed E-state index contributed by atoms with van der Waals surface area (Å²) < 4.78 is 10.4. The maximum absolute atomic E-state index is 6.40. The molecule has 0 spiro atoms. The van der Waals surface area contributed by atoms with Crippen molar-refractivity contribution in [1.82, 2.24) is 28.9 Å². The highest BCUT2D eigenvalue weighted by atomic mass is 16.3. The first-order valence-corrected chi connectivity index (χ1v) is 12.0. The molecule has 0 N–H and O–H groups in total. The van der Waals surface area contributed by atoms with Crippen molar-refractivity contribution in [3.05, 3.63) is 109 Å². The van der Waals surface area contributed by atoms with Crippen molar-refractivity contribution in [2.45, 2.75) is 0 Å². The van der Waals surface area contributed by atoms with E-state index in [2.05, 4.69) is 6.07 Å². The molecule has 4 aromatic carbocycles. The monoisotopic (exact) mass is 478 g/mol. The van der Waals surface area contributed by atoms with E-state index in [0.29, 0.717) is 29.1 Å². The van der Waals surface area contributed by atoms with Gasteiger partial charge in [-0.15, -0.1) is 0 Å². The summed E-state index contributed by atoms with van der Waals surface area (Å²) in [5.74, 6) is 2.35. The summed E-state index contributed by atoms with van der Waals surface area (Å²) in [5.41, 5.74) is 6.01. The number of hydrogen-bond acceptors (Lipinski definition) is 5. The predicted octanol–water partition coefficient (Wildman–Crippen LogP) is 6.70. The lowest BCUT2D eigenvalue weighted by Gasteiger charge is -2.09. The van der Waals surface area contributed by atoms with Crippen LogP contribution in [0.4, 0.5) is 0 Å². The standard InChI is InChI=1S/C30H18N6O/c1-3-11-19(12-4-1)26-32-27(20-13-5-2-6-14-20)34-29(33-26)36-25-21-15-7-10-18-24(21)37-28(25)35-23-17-9-8-16-22(23)31-30(35)36/h1-18H. The van der Waals surface area contributed by atoms with Gasteiger partial charge in [0.2, 0.25) is 17.4 Å². The Morgan fingerprint density at radius 3 is 1.92 bits per heavy atom. The van der Waals surface area contributed by atoms with Crippen LogP contribution in [0.3, 0.4) is 0 Å². The van der Waals surface area contributed by atoms with Crippen molar-refractivity contribution >= 4 is 39.0 Å². The first-order valence-electron chi connectivity index (χ1n) is 12.0. The van der Waals surface area contributed by atoms with Crippen LogP contribution in [0.2, 0.25) is 0 Å². The molecule has 7 nitrogen and oxygen atoms in total. The van der Waals surface area contributed by atoms with Gasteiger partial charge in [0.1, 0.15) is 11.1 Å². The largest absolute Gasteiger partial charge is 0.437 e. The molecular weight excluding hydrogens is 460 g/mol. The maximum Gasteiger partial charge on any atom is 0.241 e. The Morgan fingerprint density at radius 1 is 0.568 bits per heavy atom. The minimum absolute atomic E-state index is 0.481. The molecule has 174 valence electrons. The van der Waals surface area contributed by atoms with Gasteiger partial charge in [-0.25, -0.2) is 18.9 Å². The van der Waals surface area contributed by atoms with Crippen molar-refractivity contribution in [2.24, 2.45) is 0 Å². The second kappa shape index (κ2) is 7.60. The lowest BCUT2D eigenvalue weighted by Crippen LogP contribution is -2.07. The molecular formula is C30H18N6O. The van der Waals surface area contributed by atoms with E-state index in [1.54, 1.807) is 0 Å². The molecule has 0 saturated heterocycles. The van der Waals surface area contributed by atoms with Crippen molar-refractivity contribution < 1.29 is 4.42 Å². The van der Waals surface area contributed by atoms with Gasteiger partial charge >= 0.3 is 0 Å². The zero-order valence-electron chi connectivity index (χ0n) is 19.5. The van der Waals surface area contributed by atoms with Gasteiger partial charge in [0, 0.05) is 16.5 Å². The van der Waals surface area contributed by atoms with Crippen molar-refractivity contribution in [3.8, 4) is 28.7 Å². The van der Waals surface area contributed by atoms with Gasteiger partial charge < -0.3 is 4.42 Å². The van der Waals surface area contributed by atoms with E-state index in [0.717, 1.165) is 38.6 Å². The Kier molecular flexibility index (Phi) is 4.10. The first-order chi connectivity index (χ1) is 18.3. The molecule has 37 heavy (non-hydrogen) atoms. The van der Waals surface area contributed by atoms with Crippen LogP contribution >= 0.6 is 0 Å². The fraction of sp³-hybridized carbons (Fsp3) is 0. The van der Waals surface area contributed by atoms with Gasteiger partial charge in [0.25, 0.3) is 0 Å². The van der Waals surface area contributed by atoms with E-state index >= 15 is 0 Å². The minimum atomic E-state index is 0.481. The molecule has 8 aromatic rings. The predicted molar refractivity (Wildman–Crippen MR) is 144 cm³/mol. The van der Waals surface area contributed by atoms with Crippen LogP contribution < -0.4 is 0 Å². The van der Waals surface area contributed by atoms with Gasteiger partial charge in [-0.1, -0.05) is 84.9 Å². The third-order valence-electron chi connectivity index (χ3n) is 6.61. The van der Waals surface area contributed by atoms with E-state index in [1.165, 1.54) is 0 Å². The summed E-state index contributed by atoms with van der Waals surface area (Å²) >= 11 is 0. The summed E-state index contributed by atoms with van der Waals surface area (Å²) in [4.78, 5) is 19.8. The quantitative estimate of drug-likeness (QED) is 0.283. The number of furan rings is 1. The molecule has 0 atom stereocenters. The second-order valence-electron chi connectivity index (χ2n) is 8.84. The first kappa shape index (κ1) is 19.9. The molecule has 4 heterocycles. The zero-order valence-corrected chi connectivity index (χ0v) is 19.5. The lowest BCUT2D eigenvalue weighted by molar-refractivity contribution is 0.651. The smallest absolute Gasteiger partial charge is 0.241 e. The van der Waals surface area contributed by atoms with Gasteiger partial charge in [-0.3, -0.25) is 0 Å². The molecule has 8 rings (SSSR count). The van der Waals surface area contributed by atoms with E-state index in [-0.39, 0.29) is 0 Å². The molecule has 7 heteroatoms. The number of rotatable bonds is 3. The molecule has 0 amide bonds. The molecule has 0 saturated carbocycles. The van der Waals surface area contributed by atoms with Crippen LogP contribution in [0.15, 0.2) is 114 Å². The Bertz CT molecular complexity index is 2030. The van der Waals surface area contributed by atoms with Gasteiger partial charge in [0.15, 0.2) is 11.6 Å². The average molecular weight is 479 g/mol. The van der Waals surface area contributed by atoms with E-state index in [9.17, 15) is 0 Å². The Labute approximate surface area is 210 Å². The molecule has 0 aliphatic rings. The van der Waals surface area contributed by atoms with Crippen LogP contribution in [0.5, 0.6) is 0 Å². The number of aromatic nitrogens is 6. The number of nitrogens with zero attached hydrogens (tertiary/aromatic N) is 6. The number of benzene rings is 4. The van der Waals surface area contributed by atoms with Crippen LogP contribution in [0.1, 0.15) is 0 Å². The number of para-hydroxylation sites is 3. The average Bonchev–Trinajstić information content (AvgIpc) is 3.61. The van der Waals surface area contributed by atoms with Crippen molar-refractivity contribution in [3.63, 3.8) is 0 Å². The van der Waals surface area contributed by atoms with Gasteiger partial charge in [-0.05, 0) is 24.3 Å². The minimum Gasteiger partial charge on any atom is -0.437 e. The third-order valence-corrected chi connectivity index (χ3v) is 6.61. The summed E-state index contributed by atoms with van der Waals surface area (Å²) in [5, 5.41) is 0.968. The molecule has 0 fully saturated rings. The Balaban J connectivity index is 1.53. The van der Waals surface area contributed by atoms with E-state index < -0.39 is 0 Å². The molecule has 0 unspecified atom stereocenters. The number of hydrogen-bond donors (Lipinski definition) is 0. The van der Waals surface area contributed by atoms with Crippen molar-refractivity contribution in [1.29, 1.82) is 0 Å². The summed E-state index contributed by atoms with van der Waals surface area (Å²) in [6.45, 7) is 0. The van der Waals surface area contributed by atoms with Crippen LogP contribution in [0.25, 0.3) is 67.7 Å². The Hall–Kier alpha value is -5.30. The summed E-state index contributed by atoms with van der Waals surface area (Å²) in [6.07, 6.45) is 0. The third kappa shape index (κ3) is 2.94. The Morgan fingerprint density at radius 2 is 1.19 bits per heavy atom. The molecule has 0 aliphatic carbocycles. The topological polar surface area (TPSA) is 74.0 Å². The highest BCUT2D eigenvalue weighted by molar-refractivity contribution is 6.05. The molecule has 0 radical (unpaired) electrons. The highest BCUT2D eigenvalue weighted by Crippen LogP contribution is 2.35. The number of fused-ring (bicyclic) bond motifs is 7. The fourth-order valence-electron chi connectivity index (χ4n) is 4.94. The molecule has 0 bridgehead atoms. The van der Waals surface area contributed by atoms with Gasteiger partial charge in [-0.2, -0.15) is 9.97 Å². The highest BCUT2D eigenvalue weighted by Gasteiger charge is 2.25. The normalized spacial score (nSPS) is 11.8. The SMILES string of the molecule is c1ccc(-c2nc(-c3ccccc3)nc(-n3c4c5ccccc5oc4n4c5ccccc5nc34)n2)cc1. The molecule has 0 aliphatic heterocycles. The van der Waals surface area contributed by atoms with Crippen molar-refractivity contribution in [2.75, 3.05) is 0 Å². The van der Waals surface area contributed by atoms with Crippen LogP contribution in [-0.4, -0.2) is 28.9 Å². The second-order valence-corrected chi connectivity index (χ2v) is 8.84. The molecule has 4 aromatic heterocycles.